The molecule has 0 aliphatic carbocycles. The van der Waals surface area contributed by atoms with Crippen molar-refractivity contribution in [3.63, 3.8) is 0 Å². The molecule has 2 saturated heterocycles. The number of methoxy groups -OCH3 is 3. The standard InChI is InChI=1S/C23H25N3O6/c1-30-17-11-13(12-18(31-2)21(17)32-3)19-20(26(28)29)16-9-6-10-25(16)23(19)14-7-4-5-8-15(14)24-22(23)27/h4-5,7-8,11-12,16,19-20H,6,9-10H2,1-3H3,(H,24,27)/t16?,19-,20+,23+/m0/s1. The Kier molecular flexibility index (Phi) is 4.74. The largest absolute Gasteiger partial charge is 0.493 e. The molecule has 0 radical (unpaired) electrons. The molecule has 0 saturated carbocycles. The second kappa shape index (κ2) is 7.37. The van der Waals surface area contributed by atoms with E-state index in [1.165, 1.54) is 21.3 Å². The Labute approximate surface area is 185 Å². The Morgan fingerprint density at radius 2 is 1.81 bits per heavy atom. The monoisotopic (exact) mass is 439 g/mol. The molecule has 2 fully saturated rings. The summed E-state index contributed by atoms with van der Waals surface area (Å²) in [6, 6.07) is 9.64. The summed E-state index contributed by atoms with van der Waals surface area (Å²) in [5.41, 5.74) is 0.909. The average Bonchev–Trinajstić information content (AvgIpc) is 3.45. The lowest BCUT2D eigenvalue weighted by atomic mass is 9.73. The third kappa shape index (κ3) is 2.51. The lowest BCUT2D eigenvalue weighted by Gasteiger charge is -2.36. The maximum Gasteiger partial charge on any atom is 0.250 e. The van der Waals surface area contributed by atoms with Crippen molar-refractivity contribution >= 4 is 11.6 Å². The highest BCUT2D eigenvalue weighted by molar-refractivity contribution is 6.07. The van der Waals surface area contributed by atoms with E-state index in [0.717, 1.165) is 12.0 Å². The highest BCUT2D eigenvalue weighted by Crippen LogP contribution is 2.60. The molecule has 2 aromatic rings. The van der Waals surface area contributed by atoms with E-state index >= 15 is 0 Å². The Bertz CT molecular complexity index is 1080. The molecule has 1 unspecified atom stereocenters. The molecule has 168 valence electrons. The summed E-state index contributed by atoms with van der Waals surface area (Å²) < 4.78 is 16.5. The molecule has 9 nitrogen and oxygen atoms in total. The van der Waals surface area contributed by atoms with E-state index < -0.39 is 17.5 Å². The summed E-state index contributed by atoms with van der Waals surface area (Å²) in [6.07, 6.45) is 1.48. The van der Waals surface area contributed by atoms with Crippen LogP contribution in [0.2, 0.25) is 0 Å². The Hall–Kier alpha value is -3.33. The smallest absolute Gasteiger partial charge is 0.250 e. The summed E-state index contributed by atoms with van der Waals surface area (Å²) in [5.74, 6) is 0.241. The van der Waals surface area contributed by atoms with Crippen molar-refractivity contribution in [3.05, 3.63) is 57.6 Å². The van der Waals surface area contributed by atoms with E-state index in [2.05, 4.69) is 10.2 Å². The van der Waals surface area contributed by atoms with Crippen LogP contribution in [0.25, 0.3) is 0 Å². The van der Waals surface area contributed by atoms with Gasteiger partial charge in [0, 0.05) is 22.7 Å². The number of ether oxygens (including phenoxy) is 3. The minimum Gasteiger partial charge on any atom is -0.493 e. The number of nitrogens with one attached hydrogen (secondary N) is 1. The maximum atomic E-state index is 13.7. The van der Waals surface area contributed by atoms with E-state index in [1.807, 2.05) is 24.3 Å². The first-order valence-electron chi connectivity index (χ1n) is 10.6. The van der Waals surface area contributed by atoms with E-state index in [9.17, 15) is 14.9 Å². The molecule has 3 heterocycles. The first kappa shape index (κ1) is 20.6. The van der Waals surface area contributed by atoms with Crippen LogP contribution in [0.3, 0.4) is 0 Å². The quantitative estimate of drug-likeness (QED) is 0.564. The van der Waals surface area contributed by atoms with Crippen molar-refractivity contribution < 1.29 is 23.9 Å². The van der Waals surface area contributed by atoms with Crippen molar-refractivity contribution in [2.45, 2.75) is 36.4 Å². The summed E-state index contributed by atoms with van der Waals surface area (Å²) in [7, 11) is 4.52. The number of hydrogen-bond donors (Lipinski definition) is 1. The molecule has 3 aliphatic rings. The predicted molar refractivity (Wildman–Crippen MR) is 116 cm³/mol. The average molecular weight is 439 g/mol. The molecular weight excluding hydrogens is 414 g/mol. The maximum absolute atomic E-state index is 13.7. The van der Waals surface area contributed by atoms with Crippen LogP contribution in [0.15, 0.2) is 36.4 Å². The zero-order valence-corrected chi connectivity index (χ0v) is 18.2. The van der Waals surface area contributed by atoms with Gasteiger partial charge in [-0.05, 0) is 36.6 Å². The number of fused-ring (bicyclic) bond motifs is 4. The van der Waals surface area contributed by atoms with E-state index in [-0.39, 0.29) is 16.9 Å². The molecule has 2 aromatic carbocycles. The van der Waals surface area contributed by atoms with Crippen LogP contribution in [-0.4, -0.2) is 55.7 Å². The molecular formula is C23H25N3O6. The van der Waals surface area contributed by atoms with Gasteiger partial charge >= 0.3 is 0 Å². The van der Waals surface area contributed by atoms with Crippen molar-refractivity contribution in [1.82, 2.24) is 4.90 Å². The van der Waals surface area contributed by atoms with Crippen molar-refractivity contribution in [2.24, 2.45) is 0 Å². The molecule has 0 bridgehead atoms. The summed E-state index contributed by atoms with van der Waals surface area (Å²) in [5, 5.41) is 15.5. The van der Waals surface area contributed by atoms with Crippen LogP contribution in [-0.2, 0) is 10.3 Å². The van der Waals surface area contributed by atoms with Gasteiger partial charge in [-0.2, -0.15) is 0 Å². The first-order valence-corrected chi connectivity index (χ1v) is 10.6. The van der Waals surface area contributed by atoms with Gasteiger partial charge < -0.3 is 19.5 Å². The summed E-state index contributed by atoms with van der Waals surface area (Å²) >= 11 is 0. The van der Waals surface area contributed by atoms with Crippen LogP contribution >= 0.6 is 0 Å². The molecule has 1 amide bonds. The number of carbonyl (C=O) groups excluding carboxylic acids is 1. The van der Waals surface area contributed by atoms with Gasteiger partial charge in [0.05, 0.1) is 33.3 Å². The van der Waals surface area contributed by atoms with Crippen LogP contribution in [0.5, 0.6) is 17.2 Å². The normalized spacial score (nSPS) is 28.3. The molecule has 32 heavy (non-hydrogen) atoms. The number of amides is 1. The molecule has 1 N–H and O–H groups in total. The Balaban J connectivity index is 1.81. The molecule has 5 rings (SSSR count). The SMILES string of the molecule is COc1cc([C@H]2[C@H]([N+](=O)[O-])C3CCCN3[C@@]23C(=O)Nc2ccccc23)cc(OC)c1OC. The molecule has 4 atom stereocenters. The number of carbonyl (C=O) groups is 1. The molecule has 1 spiro atoms. The van der Waals surface area contributed by atoms with Crippen molar-refractivity contribution in [3.8, 4) is 17.2 Å². The third-order valence-corrected chi connectivity index (χ3v) is 7.16. The van der Waals surface area contributed by atoms with Crippen LogP contribution in [0, 0.1) is 10.1 Å². The first-order chi connectivity index (χ1) is 15.5. The van der Waals surface area contributed by atoms with E-state index in [4.69, 9.17) is 14.2 Å². The number of benzene rings is 2. The van der Waals surface area contributed by atoms with E-state index in [0.29, 0.717) is 41.5 Å². The second-order valence-corrected chi connectivity index (χ2v) is 8.38. The highest BCUT2D eigenvalue weighted by atomic mass is 16.6. The van der Waals surface area contributed by atoms with Crippen LogP contribution < -0.4 is 19.5 Å². The Morgan fingerprint density at radius 3 is 2.44 bits per heavy atom. The second-order valence-electron chi connectivity index (χ2n) is 8.38. The van der Waals surface area contributed by atoms with Gasteiger partial charge in [0.25, 0.3) is 5.91 Å². The number of anilines is 1. The topological polar surface area (TPSA) is 103 Å². The van der Waals surface area contributed by atoms with Gasteiger partial charge in [0.2, 0.25) is 11.8 Å². The molecule has 9 heteroatoms. The predicted octanol–water partition coefficient (Wildman–Crippen LogP) is 2.77. The van der Waals surface area contributed by atoms with Crippen LogP contribution in [0.1, 0.15) is 29.9 Å². The fraction of sp³-hybridized carbons (Fsp3) is 0.435. The van der Waals surface area contributed by atoms with Gasteiger partial charge in [-0.15, -0.1) is 0 Å². The fourth-order valence-corrected chi connectivity index (χ4v) is 6.07. The van der Waals surface area contributed by atoms with Crippen molar-refractivity contribution in [2.75, 3.05) is 33.2 Å². The lowest BCUT2D eigenvalue weighted by Crippen LogP contribution is -2.50. The van der Waals surface area contributed by atoms with Gasteiger partial charge in [0.15, 0.2) is 11.5 Å². The minimum atomic E-state index is -1.18. The third-order valence-electron chi connectivity index (χ3n) is 7.16. The zero-order valence-electron chi connectivity index (χ0n) is 18.2. The van der Waals surface area contributed by atoms with Gasteiger partial charge in [-0.1, -0.05) is 18.2 Å². The molecule has 0 aromatic heterocycles. The Morgan fingerprint density at radius 1 is 1.12 bits per heavy atom. The summed E-state index contributed by atoms with van der Waals surface area (Å²) in [4.78, 5) is 28.0. The number of para-hydroxylation sites is 1. The summed E-state index contributed by atoms with van der Waals surface area (Å²) in [6.45, 7) is 0.623. The fourth-order valence-electron chi connectivity index (χ4n) is 6.07. The van der Waals surface area contributed by atoms with Crippen molar-refractivity contribution in [1.29, 1.82) is 0 Å². The van der Waals surface area contributed by atoms with Gasteiger partial charge in [0.1, 0.15) is 5.54 Å². The highest BCUT2D eigenvalue weighted by Gasteiger charge is 2.71. The van der Waals surface area contributed by atoms with E-state index in [1.54, 1.807) is 12.1 Å². The number of nitro groups is 1. The lowest BCUT2D eigenvalue weighted by molar-refractivity contribution is -0.527. The van der Waals surface area contributed by atoms with Gasteiger partial charge in [-0.3, -0.25) is 19.8 Å². The zero-order chi connectivity index (χ0) is 22.6. The number of rotatable bonds is 5. The number of hydrogen-bond acceptors (Lipinski definition) is 7. The molecule has 3 aliphatic heterocycles. The number of nitrogens with zero attached hydrogens (tertiary/aromatic N) is 2. The minimum absolute atomic E-state index is 0.222. The van der Waals surface area contributed by atoms with Gasteiger partial charge in [-0.25, -0.2) is 0 Å². The van der Waals surface area contributed by atoms with Crippen LogP contribution in [0.4, 0.5) is 5.69 Å².